The maximum atomic E-state index is 14.1. The van der Waals surface area contributed by atoms with Crippen LogP contribution >= 0.6 is 11.6 Å². The first kappa shape index (κ1) is 22.6. The third kappa shape index (κ3) is 4.22. The average molecular weight is 484 g/mol. The number of carbonyl (C=O) groups is 2. The molecule has 0 unspecified atom stereocenters. The molecule has 0 saturated carbocycles. The van der Waals surface area contributed by atoms with Gasteiger partial charge in [0.25, 0.3) is 0 Å². The van der Waals surface area contributed by atoms with Gasteiger partial charge in [-0.1, -0.05) is 23.7 Å². The standard InChI is InChI=1S/C21H20ClF2N3O4S/c22-16-12-15(5-6-17(16)23)32(30,31)26-9-7-25(8-10-26)21(29)14-11-20(28)27(13-14)19-4-2-1-3-18(19)24/h1-6,12,14H,7-11,13H2/t14-/m1/s1. The van der Waals surface area contributed by atoms with E-state index in [0.29, 0.717) is 0 Å². The number of amides is 2. The summed E-state index contributed by atoms with van der Waals surface area (Å²) in [6, 6.07) is 9.09. The van der Waals surface area contributed by atoms with E-state index in [1.807, 2.05) is 0 Å². The number of benzene rings is 2. The number of piperazine rings is 1. The lowest BCUT2D eigenvalue weighted by molar-refractivity contribution is -0.136. The first-order chi connectivity index (χ1) is 15.2. The lowest BCUT2D eigenvalue weighted by Gasteiger charge is -2.35. The summed E-state index contributed by atoms with van der Waals surface area (Å²) in [5.41, 5.74) is 0.140. The Morgan fingerprint density at radius 3 is 2.34 bits per heavy atom. The average Bonchev–Trinajstić information content (AvgIpc) is 3.16. The van der Waals surface area contributed by atoms with E-state index in [1.54, 1.807) is 6.07 Å². The number of hydrogen-bond acceptors (Lipinski definition) is 4. The monoisotopic (exact) mass is 483 g/mol. The van der Waals surface area contributed by atoms with Crippen LogP contribution in [-0.4, -0.2) is 62.2 Å². The predicted molar refractivity (Wildman–Crippen MR) is 114 cm³/mol. The van der Waals surface area contributed by atoms with Gasteiger partial charge in [0.15, 0.2) is 0 Å². The summed E-state index contributed by atoms with van der Waals surface area (Å²) in [4.78, 5) is 28.0. The van der Waals surface area contributed by atoms with Crippen LogP contribution in [0, 0.1) is 17.6 Å². The molecule has 0 aromatic heterocycles. The molecule has 0 radical (unpaired) electrons. The summed E-state index contributed by atoms with van der Waals surface area (Å²) in [6.07, 6.45) is -0.0280. The van der Waals surface area contributed by atoms with E-state index in [2.05, 4.69) is 0 Å². The molecule has 2 saturated heterocycles. The number of rotatable bonds is 4. The predicted octanol–water partition coefficient (Wildman–Crippen LogP) is 2.50. The number of sulfonamides is 1. The van der Waals surface area contributed by atoms with Crippen LogP contribution in [0.4, 0.5) is 14.5 Å². The smallest absolute Gasteiger partial charge is 0.243 e. The van der Waals surface area contributed by atoms with Gasteiger partial charge in [-0.3, -0.25) is 9.59 Å². The fourth-order valence-corrected chi connectivity index (χ4v) is 5.66. The molecule has 7 nitrogen and oxygen atoms in total. The Morgan fingerprint density at radius 2 is 1.69 bits per heavy atom. The Balaban J connectivity index is 1.40. The van der Waals surface area contributed by atoms with Gasteiger partial charge in [-0.2, -0.15) is 4.31 Å². The van der Waals surface area contributed by atoms with E-state index in [1.165, 1.54) is 32.3 Å². The molecule has 2 aliphatic heterocycles. The first-order valence-electron chi connectivity index (χ1n) is 9.97. The summed E-state index contributed by atoms with van der Waals surface area (Å²) in [7, 11) is -3.89. The highest BCUT2D eigenvalue weighted by molar-refractivity contribution is 7.89. The molecule has 2 aromatic rings. The van der Waals surface area contributed by atoms with Crippen molar-refractivity contribution < 1.29 is 26.8 Å². The van der Waals surface area contributed by atoms with Crippen LogP contribution in [0.1, 0.15) is 6.42 Å². The van der Waals surface area contributed by atoms with Crippen molar-refractivity contribution in [2.24, 2.45) is 5.92 Å². The zero-order valence-electron chi connectivity index (χ0n) is 16.9. The third-order valence-electron chi connectivity index (χ3n) is 5.70. The molecule has 32 heavy (non-hydrogen) atoms. The Morgan fingerprint density at radius 1 is 1.00 bits per heavy atom. The zero-order valence-corrected chi connectivity index (χ0v) is 18.5. The van der Waals surface area contributed by atoms with Crippen molar-refractivity contribution in [1.82, 2.24) is 9.21 Å². The third-order valence-corrected chi connectivity index (χ3v) is 7.88. The number of halogens is 3. The minimum atomic E-state index is -3.89. The molecule has 0 spiro atoms. The molecule has 2 aromatic carbocycles. The van der Waals surface area contributed by atoms with Crippen molar-refractivity contribution in [2.75, 3.05) is 37.6 Å². The van der Waals surface area contributed by atoms with Gasteiger partial charge in [0, 0.05) is 39.1 Å². The number of carbonyl (C=O) groups excluding carboxylic acids is 2. The lowest BCUT2D eigenvalue weighted by Crippen LogP contribution is -2.52. The van der Waals surface area contributed by atoms with Crippen LogP contribution < -0.4 is 4.90 Å². The number of nitrogens with zero attached hydrogens (tertiary/aromatic N) is 3. The van der Waals surface area contributed by atoms with E-state index < -0.39 is 27.6 Å². The lowest BCUT2D eigenvalue weighted by atomic mass is 10.1. The van der Waals surface area contributed by atoms with Crippen LogP contribution in [0.2, 0.25) is 5.02 Å². The van der Waals surface area contributed by atoms with Crippen molar-refractivity contribution in [3.63, 3.8) is 0 Å². The molecule has 0 bridgehead atoms. The van der Waals surface area contributed by atoms with Crippen LogP contribution in [0.5, 0.6) is 0 Å². The fourth-order valence-electron chi connectivity index (χ4n) is 3.97. The van der Waals surface area contributed by atoms with Gasteiger partial charge < -0.3 is 9.80 Å². The zero-order chi connectivity index (χ0) is 23.0. The molecule has 11 heteroatoms. The molecule has 0 aliphatic carbocycles. The van der Waals surface area contributed by atoms with E-state index in [-0.39, 0.29) is 66.6 Å². The van der Waals surface area contributed by atoms with Crippen LogP contribution in [0.3, 0.4) is 0 Å². The summed E-state index contributed by atoms with van der Waals surface area (Å²) in [5, 5.41) is -0.287. The molecule has 4 rings (SSSR count). The molecular formula is C21H20ClF2N3O4S. The molecule has 2 heterocycles. The van der Waals surface area contributed by atoms with Crippen molar-refractivity contribution in [1.29, 1.82) is 0 Å². The van der Waals surface area contributed by atoms with Crippen molar-refractivity contribution in [2.45, 2.75) is 11.3 Å². The summed E-state index contributed by atoms with van der Waals surface area (Å²) in [5.74, 6) is -2.46. The van der Waals surface area contributed by atoms with E-state index in [4.69, 9.17) is 11.6 Å². The molecule has 170 valence electrons. The van der Waals surface area contributed by atoms with Crippen LogP contribution in [-0.2, 0) is 19.6 Å². The molecule has 0 N–H and O–H groups in total. The van der Waals surface area contributed by atoms with Crippen LogP contribution in [0.25, 0.3) is 0 Å². The first-order valence-corrected chi connectivity index (χ1v) is 11.8. The molecule has 1 atom stereocenters. The van der Waals surface area contributed by atoms with Gasteiger partial charge >= 0.3 is 0 Å². The molecule has 2 aliphatic rings. The van der Waals surface area contributed by atoms with Gasteiger partial charge in [-0.25, -0.2) is 17.2 Å². The Labute approximate surface area is 189 Å². The second-order valence-corrected chi connectivity index (χ2v) is 10.0. The molecular weight excluding hydrogens is 464 g/mol. The van der Waals surface area contributed by atoms with Crippen molar-refractivity contribution >= 4 is 39.1 Å². The maximum absolute atomic E-state index is 14.1. The molecule has 2 amide bonds. The van der Waals surface area contributed by atoms with Crippen LogP contribution in [0.15, 0.2) is 47.4 Å². The number of anilines is 1. The van der Waals surface area contributed by atoms with Gasteiger partial charge in [0.1, 0.15) is 11.6 Å². The van der Waals surface area contributed by atoms with Gasteiger partial charge in [-0.15, -0.1) is 0 Å². The summed E-state index contributed by atoms with van der Waals surface area (Å²) < 4.78 is 54.3. The topological polar surface area (TPSA) is 78.0 Å². The second-order valence-electron chi connectivity index (χ2n) is 7.66. The van der Waals surface area contributed by atoms with Crippen molar-refractivity contribution in [3.05, 3.63) is 59.1 Å². The minimum Gasteiger partial charge on any atom is -0.340 e. The fraction of sp³-hybridized carbons (Fsp3) is 0.333. The number of hydrogen-bond donors (Lipinski definition) is 0. The largest absolute Gasteiger partial charge is 0.340 e. The minimum absolute atomic E-state index is 0.0280. The Bertz CT molecular complexity index is 1170. The highest BCUT2D eigenvalue weighted by Crippen LogP contribution is 2.29. The summed E-state index contributed by atoms with van der Waals surface area (Å²) >= 11 is 5.71. The normalized spacial score (nSPS) is 20.1. The van der Waals surface area contributed by atoms with Gasteiger partial charge in [-0.05, 0) is 30.3 Å². The van der Waals surface area contributed by atoms with Gasteiger partial charge in [0.2, 0.25) is 21.8 Å². The Hall–Kier alpha value is -2.56. The van der Waals surface area contributed by atoms with Crippen molar-refractivity contribution in [3.8, 4) is 0 Å². The number of para-hydroxylation sites is 1. The molecule has 2 fully saturated rings. The SMILES string of the molecule is O=C([C@@H]1CC(=O)N(c2ccccc2F)C1)N1CCN(S(=O)(=O)c2ccc(F)c(Cl)c2)CC1. The highest BCUT2D eigenvalue weighted by Gasteiger charge is 2.39. The second kappa shape index (κ2) is 8.76. The van der Waals surface area contributed by atoms with E-state index in [0.717, 1.165) is 18.2 Å². The quantitative estimate of drug-likeness (QED) is 0.669. The summed E-state index contributed by atoms with van der Waals surface area (Å²) in [6.45, 7) is 0.488. The maximum Gasteiger partial charge on any atom is 0.243 e. The van der Waals surface area contributed by atoms with E-state index in [9.17, 15) is 26.8 Å². The highest BCUT2D eigenvalue weighted by atomic mass is 35.5. The van der Waals surface area contributed by atoms with Gasteiger partial charge in [0.05, 0.1) is 21.5 Å². The Kier molecular flexibility index (Phi) is 6.19. The van der Waals surface area contributed by atoms with E-state index >= 15 is 0 Å².